The van der Waals surface area contributed by atoms with Crippen molar-refractivity contribution in [2.75, 3.05) is 39.8 Å². The van der Waals surface area contributed by atoms with Gasteiger partial charge in [-0.2, -0.15) is 5.10 Å². The van der Waals surface area contributed by atoms with E-state index in [-0.39, 0.29) is 22.8 Å². The third kappa shape index (κ3) is 4.81. The Kier molecular flexibility index (Phi) is 5.92. The Bertz CT molecular complexity index is 1390. The summed E-state index contributed by atoms with van der Waals surface area (Å²) < 4.78 is 5.74. The molecule has 6 rings (SSSR count). The van der Waals surface area contributed by atoms with Crippen molar-refractivity contribution >= 4 is 22.7 Å². The molecule has 0 unspecified atom stereocenters. The van der Waals surface area contributed by atoms with Crippen molar-refractivity contribution in [1.29, 1.82) is 0 Å². The average molecular weight is 503 g/mol. The molecule has 1 amide bonds. The summed E-state index contributed by atoms with van der Waals surface area (Å²) in [5, 5.41) is 18.9. The highest BCUT2D eigenvalue weighted by atomic mass is 16.5. The van der Waals surface area contributed by atoms with Crippen LogP contribution >= 0.6 is 0 Å². The third-order valence-electron chi connectivity index (χ3n) is 7.61. The Labute approximate surface area is 216 Å². The first-order valence-corrected chi connectivity index (χ1v) is 13.0. The third-order valence-corrected chi connectivity index (χ3v) is 7.61. The first-order chi connectivity index (χ1) is 17.7. The van der Waals surface area contributed by atoms with Gasteiger partial charge in [-0.25, -0.2) is 4.99 Å². The number of rotatable bonds is 5. The SMILES string of the molecule is CN1CCN(Cc2ccc3c(c2)CN(C(=O)c2cc4c(CC5=NC(C)(C)CO5)n[nH]c4cc2O)C3)CC1. The summed E-state index contributed by atoms with van der Waals surface area (Å²) in [7, 11) is 2.17. The number of phenols is 1. The highest BCUT2D eigenvalue weighted by Gasteiger charge is 2.29. The van der Waals surface area contributed by atoms with Gasteiger partial charge in [0.25, 0.3) is 5.91 Å². The molecule has 0 saturated carbocycles. The summed E-state index contributed by atoms with van der Waals surface area (Å²) in [5.74, 6) is 0.413. The van der Waals surface area contributed by atoms with Gasteiger partial charge < -0.3 is 19.6 Å². The number of hydrogen-bond donors (Lipinski definition) is 2. The molecule has 3 aliphatic rings. The van der Waals surface area contributed by atoms with E-state index in [2.05, 4.69) is 50.2 Å². The molecule has 9 heteroatoms. The van der Waals surface area contributed by atoms with Crippen LogP contribution < -0.4 is 0 Å². The van der Waals surface area contributed by atoms with E-state index in [1.54, 1.807) is 17.0 Å². The van der Waals surface area contributed by atoms with Gasteiger partial charge in [-0.1, -0.05) is 18.2 Å². The molecule has 2 aromatic carbocycles. The number of nitrogens with zero attached hydrogens (tertiary/aromatic N) is 5. The van der Waals surface area contributed by atoms with Crippen LogP contribution in [0.1, 0.15) is 46.6 Å². The lowest BCUT2D eigenvalue weighted by molar-refractivity contribution is 0.0748. The van der Waals surface area contributed by atoms with E-state index < -0.39 is 0 Å². The van der Waals surface area contributed by atoms with E-state index in [4.69, 9.17) is 4.74 Å². The average Bonchev–Trinajstić information content (AvgIpc) is 3.56. The van der Waals surface area contributed by atoms with Crippen molar-refractivity contribution in [1.82, 2.24) is 24.9 Å². The van der Waals surface area contributed by atoms with Gasteiger partial charge in [0.1, 0.15) is 12.4 Å². The number of fused-ring (bicyclic) bond motifs is 2. The van der Waals surface area contributed by atoms with Crippen LogP contribution in [0.5, 0.6) is 5.75 Å². The molecule has 0 spiro atoms. The van der Waals surface area contributed by atoms with Crippen LogP contribution in [-0.4, -0.2) is 87.2 Å². The molecule has 1 aromatic heterocycles. The molecule has 194 valence electrons. The molecule has 4 heterocycles. The Morgan fingerprint density at radius 2 is 1.89 bits per heavy atom. The largest absolute Gasteiger partial charge is 0.507 e. The number of aromatic amines is 1. The summed E-state index contributed by atoms with van der Waals surface area (Å²) in [6, 6.07) is 9.89. The van der Waals surface area contributed by atoms with Crippen molar-refractivity contribution in [3.63, 3.8) is 0 Å². The number of piperazine rings is 1. The zero-order valence-corrected chi connectivity index (χ0v) is 21.8. The second kappa shape index (κ2) is 9.15. The van der Waals surface area contributed by atoms with Gasteiger partial charge >= 0.3 is 0 Å². The number of carbonyl (C=O) groups excluding carboxylic acids is 1. The van der Waals surface area contributed by atoms with Gasteiger partial charge in [0.05, 0.1) is 28.7 Å². The molecule has 0 bridgehead atoms. The predicted octanol–water partition coefficient (Wildman–Crippen LogP) is 2.92. The number of hydrogen-bond acceptors (Lipinski definition) is 7. The van der Waals surface area contributed by atoms with Crippen molar-refractivity contribution in [3.8, 4) is 5.75 Å². The first-order valence-electron chi connectivity index (χ1n) is 13.0. The summed E-state index contributed by atoms with van der Waals surface area (Å²) in [6.07, 6.45) is 0.438. The number of likely N-dealkylation sites (N-methyl/N-ethyl adjacent to an activating group) is 1. The number of phenolic OH excluding ortho intramolecular Hbond substituents is 1. The topological polar surface area (TPSA) is 97.3 Å². The number of H-pyrrole nitrogens is 1. The van der Waals surface area contributed by atoms with Crippen molar-refractivity contribution in [2.24, 2.45) is 4.99 Å². The highest BCUT2D eigenvalue weighted by Crippen LogP contribution is 2.32. The maximum Gasteiger partial charge on any atom is 0.258 e. The maximum atomic E-state index is 13.5. The molecule has 1 fully saturated rings. The molecular formula is C28H34N6O3. The van der Waals surface area contributed by atoms with Crippen LogP contribution in [0.2, 0.25) is 0 Å². The monoisotopic (exact) mass is 502 g/mol. The number of benzene rings is 2. The fourth-order valence-corrected chi connectivity index (χ4v) is 5.43. The number of nitrogens with one attached hydrogen (secondary N) is 1. The molecule has 1 saturated heterocycles. The van der Waals surface area contributed by atoms with E-state index in [9.17, 15) is 9.90 Å². The molecule has 0 aliphatic carbocycles. The zero-order chi connectivity index (χ0) is 25.7. The molecule has 3 aliphatic heterocycles. The fraction of sp³-hybridized carbons (Fsp3) is 0.464. The summed E-state index contributed by atoms with van der Waals surface area (Å²) in [5.41, 5.74) is 5.11. The Morgan fingerprint density at radius 3 is 2.65 bits per heavy atom. The first kappa shape index (κ1) is 23.9. The van der Waals surface area contributed by atoms with E-state index >= 15 is 0 Å². The van der Waals surface area contributed by atoms with Crippen LogP contribution in [0.15, 0.2) is 35.3 Å². The van der Waals surface area contributed by atoms with E-state index in [0.717, 1.165) is 43.8 Å². The van der Waals surface area contributed by atoms with Crippen LogP contribution in [0.4, 0.5) is 0 Å². The summed E-state index contributed by atoms with van der Waals surface area (Å²) in [6.45, 7) is 11.0. The quantitative estimate of drug-likeness (QED) is 0.557. The van der Waals surface area contributed by atoms with Gasteiger partial charge in [-0.15, -0.1) is 0 Å². The van der Waals surface area contributed by atoms with Gasteiger partial charge in [0, 0.05) is 57.3 Å². The van der Waals surface area contributed by atoms with Gasteiger partial charge in [-0.05, 0) is 43.7 Å². The van der Waals surface area contributed by atoms with E-state index in [0.29, 0.717) is 37.5 Å². The molecule has 9 nitrogen and oxygen atoms in total. The number of amides is 1. The minimum atomic E-state index is -0.240. The molecule has 0 radical (unpaired) electrons. The Hall–Kier alpha value is -3.43. The zero-order valence-electron chi connectivity index (χ0n) is 21.8. The van der Waals surface area contributed by atoms with Gasteiger partial charge in [0.15, 0.2) is 5.90 Å². The molecule has 0 atom stereocenters. The number of ether oxygens (including phenoxy) is 1. The minimum absolute atomic E-state index is 0.0463. The lowest BCUT2D eigenvalue weighted by atomic mass is 10.1. The Morgan fingerprint density at radius 1 is 1.11 bits per heavy atom. The molecule has 2 N–H and O–H groups in total. The van der Waals surface area contributed by atoms with Crippen molar-refractivity contribution < 1.29 is 14.6 Å². The molecular weight excluding hydrogens is 468 g/mol. The fourth-order valence-electron chi connectivity index (χ4n) is 5.43. The standard InChI is InChI=1S/C28H34N6O3/c1-28(2)17-37-26(29-28)13-24-21-11-22(25(35)12-23(21)30-31-24)27(36)34-15-19-5-4-18(10-20(19)16-34)14-33-8-6-32(3)7-9-33/h4-5,10-12,35H,6-9,13-17H2,1-3H3,(H,30,31). The molecule has 3 aromatic rings. The molecule has 37 heavy (non-hydrogen) atoms. The second-order valence-corrected chi connectivity index (χ2v) is 11.2. The number of carbonyl (C=O) groups is 1. The number of aromatic hydroxyl groups is 1. The van der Waals surface area contributed by atoms with Crippen LogP contribution in [0, 0.1) is 0 Å². The number of aliphatic imine (C=N–C) groups is 1. The van der Waals surface area contributed by atoms with Gasteiger partial charge in [0.2, 0.25) is 0 Å². The summed E-state index contributed by atoms with van der Waals surface area (Å²) in [4.78, 5) is 24.8. The smallest absolute Gasteiger partial charge is 0.258 e. The van der Waals surface area contributed by atoms with E-state index in [1.807, 2.05) is 13.8 Å². The minimum Gasteiger partial charge on any atom is -0.507 e. The summed E-state index contributed by atoms with van der Waals surface area (Å²) >= 11 is 0. The van der Waals surface area contributed by atoms with Crippen molar-refractivity contribution in [2.45, 2.75) is 45.4 Å². The lowest BCUT2D eigenvalue weighted by Gasteiger charge is -2.32. The number of aromatic nitrogens is 2. The second-order valence-electron chi connectivity index (χ2n) is 11.2. The normalized spacial score (nSPS) is 19.8. The van der Waals surface area contributed by atoms with Crippen LogP contribution in [-0.2, 0) is 30.8 Å². The van der Waals surface area contributed by atoms with Crippen LogP contribution in [0.25, 0.3) is 10.9 Å². The van der Waals surface area contributed by atoms with Crippen molar-refractivity contribution in [3.05, 3.63) is 58.3 Å². The van der Waals surface area contributed by atoms with E-state index in [1.165, 1.54) is 16.7 Å². The van der Waals surface area contributed by atoms with Crippen LogP contribution in [0.3, 0.4) is 0 Å². The predicted molar refractivity (Wildman–Crippen MR) is 142 cm³/mol. The Balaban J connectivity index is 1.19. The van der Waals surface area contributed by atoms with Gasteiger partial charge in [-0.3, -0.25) is 14.8 Å². The lowest BCUT2D eigenvalue weighted by Crippen LogP contribution is -2.43. The maximum absolute atomic E-state index is 13.5. The highest BCUT2D eigenvalue weighted by molar-refractivity contribution is 6.02.